The van der Waals surface area contributed by atoms with Crippen molar-refractivity contribution in [2.24, 2.45) is 0 Å². The van der Waals surface area contributed by atoms with Gasteiger partial charge in [0.05, 0.1) is 10.6 Å². The second kappa shape index (κ2) is 5.92. The zero-order valence-electron chi connectivity index (χ0n) is 12.0. The van der Waals surface area contributed by atoms with E-state index in [1.54, 1.807) is 12.1 Å². The Kier molecular flexibility index (Phi) is 4.09. The van der Waals surface area contributed by atoms with Crippen LogP contribution in [-0.2, 0) is 24.1 Å². The van der Waals surface area contributed by atoms with Crippen molar-refractivity contribution in [2.45, 2.75) is 11.0 Å². The minimum atomic E-state index is -4.04. The van der Waals surface area contributed by atoms with Crippen molar-refractivity contribution >= 4 is 20.0 Å². The maximum absolute atomic E-state index is 12.3. The molecule has 0 aliphatic carbocycles. The first-order valence-electron chi connectivity index (χ1n) is 6.85. The Hall–Kier alpha value is -1.96. The van der Waals surface area contributed by atoms with E-state index in [-0.39, 0.29) is 10.6 Å². The average molecular weight is 350 g/mol. The van der Waals surface area contributed by atoms with E-state index in [0.717, 1.165) is 16.5 Å². The molecule has 5 nitrogen and oxygen atoms in total. The summed E-state index contributed by atoms with van der Waals surface area (Å²) in [7, 11) is -7.41. The van der Waals surface area contributed by atoms with Gasteiger partial charge in [0.2, 0.25) is 0 Å². The van der Waals surface area contributed by atoms with E-state index >= 15 is 0 Å². The first-order valence-corrected chi connectivity index (χ1v) is 9.98. The lowest BCUT2D eigenvalue weighted by molar-refractivity contribution is 0.279. The molecular formula is C16H14O5S2. The van der Waals surface area contributed by atoms with Crippen LogP contribution in [0.3, 0.4) is 0 Å². The van der Waals surface area contributed by atoms with Crippen molar-refractivity contribution < 1.29 is 21.0 Å². The van der Waals surface area contributed by atoms with Crippen LogP contribution in [-0.4, -0.2) is 28.7 Å². The van der Waals surface area contributed by atoms with E-state index in [2.05, 4.69) is 0 Å². The Morgan fingerprint density at radius 1 is 0.957 bits per heavy atom. The summed E-state index contributed by atoms with van der Waals surface area (Å²) in [5.41, 5.74) is 1.62. The Balaban J connectivity index is 1.88. The largest absolute Gasteiger partial charge is 0.297 e. The molecule has 0 fully saturated rings. The lowest BCUT2D eigenvalue weighted by Crippen LogP contribution is -2.20. The molecule has 0 saturated heterocycles. The Labute approximate surface area is 135 Å². The molecule has 2 aromatic carbocycles. The highest BCUT2D eigenvalue weighted by Crippen LogP contribution is 2.25. The molecule has 0 aromatic heterocycles. The van der Waals surface area contributed by atoms with Crippen LogP contribution in [0.4, 0.5) is 0 Å². The second-order valence-electron chi connectivity index (χ2n) is 5.14. The molecule has 2 aromatic rings. The predicted molar refractivity (Wildman–Crippen MR) is 86.9 cm³/mol. The van der Waals surface area contributed by atoms with Gasteiger partial charge in [-0.05, 0) is 29.3 Å². The Bertz CT molecular complexity index is 945. The quantitative estimate of drug-likeness (QED) is 0.791. The minimum absolute atomic E-state index is 0.00319. The molecule has 1 aliphatic heterocycles. The molecule has 23 heavy (non-hydrogen) atoms. The van der Waals surface area contributed by atoms with Crippen molar-refractivity contribution in [1.29, 1.82) is 0 Å². The SMILES string of the molecule is O=S1(=O)C=CC(OS(=O)(=O)c2cccc(-c3ccccc3)c2)C1. The van der Waals surface area contributed by atoms with E-state index in [1.807, 2.05) is 30.3 Å². The highest BCUT2D eigenvalue weighted by molar-refractivity contribution is 7.94. The predicted octanol–water partition coefficient (Wildman–Crippen LogP) is 2.37. The third kappa shape index (κ3) is 3.69. The van der Waals surface area contributed by atoms with E-state index in [0.29, 0.717) is 0 Å². The molecular weight excluding hydrogens is 336 g/mol. The summed E-state index contributed by atoms with van der Waals surface area (Å²) in [4.78, 5) is -0.00319. The number of hydrogen-bond donors (Lipinski definition) is 0. The van der Waals surface area contributed by atoms with Crippen LogP contribution in [0.1, 0.15) is 0 Å². The third-order valence-electron chi connectivity index (χ3n) is 3.38. The normalized spacial score (nSPS) is 19.7. The molecule has 1 unspecified atom stereocenters. The van der Waals surface area contributed by atoms with Crippen molar-refractivity contribution in [3.63, 3.8) is 0 Å². The summed E-state index contributed by atoms with van der Waals surface area (Å²) in [5, 5.41) is 0.980. The maximum atomic E-state index is 12.3. The fraction of sp³-hybridized carbons (Fsp3) is 0.125. The standard InChI is InChI=1S/C16H14O5S2/c17-22(18)10-9-15(12-22)21-23(19,20)16-8-4-7-14(11-16)13-5-2-1-3-6-13/h1-11,15H,12H2. The zero-order valence-corrected chi connectivity index (χ0v) is 13.6. The highest BCUT2D eigenvalue weighted by atomic mass is 32.2. The van der Waals surface area contributed by atoms with Crippen LogP contribution < -0.4 is 0 Å². The topological polar surface area (TPSA) is 77.5 Å². The molecule has 0 bridgehead atoms. The Morgan fingerprint density at radius 2 is 1.65 bits per heavy atom. The molecule has 0 N–H and O–H groups in total. The van der Waals surface area contributed by atoms with Crippen LogP contribution in [0.2, 0.25) is 0 Å². The number of rotatable bonds is 4. The van der Waals surface area contributed by atoms with Gasteiger partial charge in [0, 0.05) is 5.41 Å². The Morgan fingerprint density at radius 3 is 2.30 bits per heavy atom. The van der Waals surface area contributed by atoms with Crippen molar-refractivity contribution in [2.75, 3.05) is 5.75 Å². The van der Waals surface area contributed by atoms with Gasteiger partial charge in [0.15, 0.2) is 9.84 Å². The van der Waals surface area contributed by atoms with Crippen molar-refractivity contribution in [1.82, 2.24) is 0 Å². The van der Waals surface area contributed by atoms with Crippen LogP contribution in [0.5, 0.6) is 0 Å². The number of sulfone groups is 1. The van der Waals surface area contributed by atoms with Crippen molar-refractivity contribution in [3.05, 3.63) is 66.1 Å². The van der Waals surface area contributed by atoms with E-state index in [4.69, 9.17) is 4.18 Å². The van der Waals surface area contributed by atoms with E-state index < -0.39 is 26.1 Å². The van der Waals surface area contributed by atoms with Gasteiger partial charge < -0.3 is 0 Å². The first kappa shape index (κ1) is 15.9. The van der Waals surface area contributed by atoms with E-state index in [9.17, 15) is 16.8 Å². The monoisotopic (exact) mass is 350 g/mol. The highest BCUT2D eigenvalue weighted by Gasteiger charge is 2.28. The van der Waals surface area contributed by atoms with Gasteiger partial charge in [-0.1, -0.05) is 42.5 Å². The fourth-order valence-corrected chi connectivity index (χ4v) is 4.62. The molecule has 0 radical (unpaired) electrons. The number of hydrogen-bond acceptors (Lipinski definition) is 5. The van der Waals surface area contributed by atoms with Crippen molar-refractivity contribution in [3.8, 4) is 11.1 Å². The molecule has 1 atom stereocenters. The molecule has 3 rings (SSSR count). The van der Waals surface area contributed by atoms with Crippen LogP contribution in [0, 0.1) is 0 Å². The summed E-state index contributed by atoms with van der Waals surface area (Å²) in [6.07, 6.45) is 0.263. The lowest BCUT2D eigenvalue weighted by atomic mass is 10.1. The van der Waals surface area contributed by atoms with Gasteiger partial charge in [-0.15, -0.1) is 0 Å². The first-order chi connectivity index (χ1) is 10.9. The van der Waals surface area contributed by atoms with Crippen LogP contribution >= 0.6 is 0 Å². The summed E-state index contributed by atoms with van der Waals surface area (Å²) in [6.45, 7) is 0. The summed E-state index contributed by atoms with van der Waals surface area (Å²) in [6, 6.07) is 15.7. The lowest BCUT2D eigenvalue weighted by Gasteiger charge is -2.11. The molecule has 7 heteroatoms. The van der Waals surface area contributed by atoms with Gasteiger partial charge in [-0.2, -0.15) is 8.42 Å². The smallest absolute Gasteiger partial charge is 0.258 e. The van der Waals surface area contributed by atoms with E-state index in [1.165, 1.54) is 18.2 Å². The fourth-order valence-electron chi connectivity index (χ4n) is 2.29. The van der Waals surface area contributed by atoms with Gasteiger partial charge >= 0.3 is 0 Å². The second-order valence-corrected chi connectivity index (χ2v) is 8.64. The molecule has 120 valence electrons. The third-order valence-corrected chi connectivity index (χ3v) is 6.07. The molecule has 0 amide bonds. The number of benzene rings is 2. The van der Waals surface area contributed by atoms with Crippen LogP contribution in [0.15, 0.2) is 71.0 Å². The zero-order chi connectivity index (χ0) is 16.5. The van der Waals surface area contributed by atoms with Gasteiger partial charge in [-0.3, -0.25) is 4.18 Å². The average Bonchev–Trinajstić information content (AvgIpc) is 2.86. The maximum Gasteiger partial charge on any atom is 0.297 e. The van der Waals surface area contributed by atoms with Gasteiger partial charge in [0.1, 0.15) is 6.10 Å². The summed E-state index contributed by atoms with van der Waals surface area (Å²) < 4.78 is 52.4. The van der Waals surface area contributed by atoms with Crippen LogP contribution in [0.25, 0.3) is 11.1 Å². The summed E-state index contributed by atoms with van der Waals surface area (Å²) in [5.74, 6) is -0.357. The summed E-state index contributed by atoms with van der Waals surface area (Å²) >= 11 is 0. The van der Waals surface area contributed by atoms with Gasteiger partial charge in [0.25, 0.3) is 10.1 Å². The minimum Gasteiger partial charge on any atom is -0.258 e. The molecule has 1 heterocycles. The van der Waals surface area contributed by atoms with Gasteiger partial charge in [-0.25, -0.2) is 8.42 Å². The molecule has 0 saturated carbocycles. The molecule has 0 spiro atoms. The molecule has 1 aliphatic rings.